The topological polar surface area (TPSA) is 72.0 Å². The van der Waals surface area contributed by atoms with Crippen molar-refractivity contribution in [3.8, 4) is 0 Å². The van der Waals surface area contributed by atoms with Crippen molar-refractivity contribution >= 4 is 5.95 Å². The molecule has 0 atom stereocenters. The zero-order valence-corrected chi connectivity index (χ0v) is 11.5. The molecule has 0 bridgehead atoms. The highest BCUT2D eigenvalue weighted by Crippen LogP contribution is 2.06. The van der Waals surface area contributed by atoms with E-state index >= 15 is 0 Å². The molecule has 6 heteroatoms. The average molecular weight is 253 g/mol. The van der Waals surface area contributed by atoms with Crippen LogP contribution in [0.15, 0.2) is 0 Å². The van der Waals surface area contributed by atoms with E-state index in [2.05, 4.69) is 39.7 Å². The molecule has 0 aliphatic carbocycles. The number of rotatable bonds is 9. The summed E-state index contributed by atoms with van der Waals surface area (Å²) in [7, 11) is 1.70. The third kappa shape index (κ3) is 4.93. The first-order chi connectivity index (χ1) is 8.81. The molecule has 102 valence electrons. The van der Waals surface area contributed by atoms with Gasteiger partial charge < -0.3 is 15.4 Å². The van der Waals surface area contributed by atoms with Crippen molar-refractivity contribution in [3.05, 3.63) is 11.4 Å². The third-order valence-corrected chi connectivity index (χ3v) is 2.58. The molecule has 1 aromatic heterocycles. The summed E-state index contributed by atoms with van der Waals surface area (Å²) in [6.45, 7) is 7.36. The second-order valence-electron chi connectivity index (χ2n) is 3.91. The minimum absolute atomic E-state index is 0.609. The minimum Gasteiger partial charge on any atom is -0.383 e. The number of methoxy groups -OCH3 is 1. The van der Waals surface area contributed by atoms with Crippen LogP contribution in [-0.2, 0) is 17.6 Å². The number of aromatic nitrogens is 3. The van der Waals surface area contributed by atoms with Crippen LogP contribution in [0, 0.1) is 0 Å². The maximum atomic E-state index is 4.94. The van der Waals surface area contributed by atoms with Crippen LogP contribution in [0.1, 0.15) is 25.2 Å². The molecule has 0 spiro atoms. The number of ether oxygens (including phenoxy) is 1. The van der Waals surface area contributed by atoms with Gasteiger partial charge in [0, 0.05) is 26.7 Å². The number of nitrogens with zero attached hydrogens (tertiary/aromatic N) is 3. The highest BCUT2D eigenvalue weighted by atomic mass is 16.5. The second-order valence-corrected chi connectivity index (χ2v) is 3.91. The second kappa shape index (κ2) is 8.77. The molecular weight excluding hydrogens is 230 g/mol. The van der Waals surface area contributed by atoms with Gasteiger partial charge in [-0.2, -0.15) is 5.10 Å². The number of hydrogen-bond donors (Lipinski definition) is 2. The first-order valence-electron chi connectivity index (χ1n) is 6.47. The quantitative estimate of drug-likeness (QED) is 0.629. The first-order valence-corrected chi connectivity index (χ1v) is 6.47. The molecule has 1 aromatic rings. The van der Waals surface area contributed by atoms with E-state index < -0.39 is 0 Å². The van der Waals surface area contributed by atoms with Crippen molar-refractivity contribution in [2.45, 2.75) is 26.7 Å². The van der Waals surface area contributed by atoms with Crippen molar-refractivity contribution in [1.82, 2.24) is 20.5 Å². The van der Waals surface area contributed by atoms with E-state index in [4.69, 9.17) is 4.74 Å². The molecule has 0 radical (unpaired) electrons. The highest BCUT2D eigenvalue weighted by Gasteiger charge is 2.05. The summed E-state index contributed by atoms with van der Waals surface area (Å²) in [6, 6.07) is 0. The Morgan fingerprint density at radius 1 is 1.00 bits per heavy atom. The van der Waals surface area contributed by atoms with E-state index in [1.54, 1.807) is 7.11 Å². The molecule has 0 fully saturated rings. The molecular formula is C12H23N5O. The zero-order valence-electron chi connectivity index (χ0n) is 11.5. The van der Waals surface area contributed by atoms with E-state index in [9.17, 15) is 0 Å². The Kier molecular flexibility index (Phi) is 7.20. The van der Waals surface area contributed by atoms with Crippen molar-refractivity contribution < 1.29 is 4.74 Å². The van der Waals surface area contributed by atoms with E-state index in [1.807, 2.05) is 0 Å². The van der Waals surface area contributed by atoms with Crippen molar-refractivity contribution in [2.75, 3.05) is 38.7 Å². The van der Waals surface area contributed by atoms with Gasteiger partial charge in [0.1, 0.15) is 0 Å². The maximum Gasteiger partial charge on any atom is 0.243 e. The minimum atomic E-state index is 0.609. The molecule has 0 saturated carbocycles. The molecule has 0 amide bonds. The molecule has 18 heavy (non-hydrogen) atoms. The lowest BCUT2D eigenvalue weighted by molar-refractivity contribution is 0.200. The van der Waals surface area contributed by atoms with Gasteiger partial charge in [0.05, 0.1) is 18.0 Å². The van der Waals surface area contributed by atoms with Crippen molar-refractivity contribution in [2.24, 2.45) is 0 Å². The van der Waals surface area contributed by atoms with Crippen LogP contribution < -0.4 is 10.6 Å². The summed E-state index contributed by atoms with van der Waals surface area (Å²) in [5.74, 6) is 0.609. The molecule has 0 aliphatic rings. The van der Waals surface area contributed by atoms with Gasteiger partial charge in [0.2, 0.25) is 5.95 Å². The lowest BCUT2D eigenvalue weighted by Crippen LogP contribution is -2.26. The van der Waals surface area contributed by atoms with E-state index in [0.717, 1.165) is 50.5 Å². The fourth-order valence-electron chi connectivity index (χ4n) is 1.57. The van der Waals surface area contributed by atoms with Crippen LogP contribution in [-0.4, -0.2) is 48.5 Å². The Hall–Kier alpha value is -1.27. The SMILES string of the molecule is CCc1nnc(NCCNCCOC)nc1CC. The summed E-state index contributed by atoms with van der Waals surface area (Å²) >= 11 is 0. The lowest BCUT2D eigenvalue weighted by Gasteiger charge is -2.08. The zero-order chi connectivity index (χ0) is 13.2. The van der Waals surface area contributed by atoms with Gasteiger partial charge in [-0.1, -0.05) is 13.8 Å². The van der Waals surface area contributed by atoms with Crippen LogP contribution in [0.4, 0.5) is 5.95 Å². The van der Waals surface area contributed by atoms with Crippen LogP contribution in [0.2, 0.25) is 0 Å². The summed E-state index contributed by atoms with van der Waals surface area (Å²) in [5.41, 5.74) is 2.02. The van der Waals surface area contributed by atoms with Gasteiger partial charge in [0.25, 0.3) is 0 Å². The van der Waals surface area contributed by atoms with Crippen LogP contribution >= 0.6 is 0 Å². The van der Waals surface area contributed by atoms with Gasteiger partial charge in [-0.3, -0.25) is 0 Å². The van der Waals surface area contributed by atoms with Crippen molar-refractivity contribution in [3.63, 3.8) is 0 Å². The van der Waals surface area contributed by atoms with Crippen LogP contribution in [0.5, 0.6) is 0 Å². The summed E-state index contributed by atoms with van der Waals surface area (Å²) in [5, 5.41) is 14.7. The summed E-state index contributed by atoms with van der Waals surface area (Å²) in [4.78, 5) is 4.46. The average Bonchev–Trinajstić information content (AvgIpc) is 2.42. The largest absolute Gasteiger partial charge is 0.383 e. The van der Waals surface area contributed by atoms with Gasteiger partial charge in [-0.15, -0.1) is 5.10 Å². The smallest absolute Gasteiger partial charge is 0.243 e. The molecule has 1 rings (SSSR count). The van der Waals surface area contributed by atoms with Gasteiger partial charge >= 0.3 is 0 Å². The van der Waals surface area contributed by atoms with Crippen LogP contribution in [0.25, 0.3) is 0 Å². The highest BCUT2D eigenvalue weighted by molar-refractivity contribution is 5.25. The summed E-state index contributed by atoms with van der Waals surface area (Å²) < 4.78 is 4.94. The fraction of sp³-hybridized carbons (Fsp3) is 0.750. The van der Waals surface area contributed by atoms with Crippen LogP contribution in [0.3, 0.4) is 0 Å². The number of anilines is 1. The molecule has 1 heterocycles. The predicted octanol–water partition coefficient (Wildman–Crippen LogP) is 0.644. The van der Waals surface area contributed by atoms with Gasteiger partial charge in [0.15, 0.2) is 0 Å². The molecule has 6 nitrogen and oxygen atoms in total. The van der Waals surface area contributed by atoms with E-state index in [-0.39, 0.29) is 0 Å². The van der Waals surface area contributed by atoms with Crippen molar-refractivity contribution in [1.29, 1.82) is 0 Å². The Labute approximate surface area is 109 Å². The Morgan fingerprint density at radius 3 is 2.44 bits per heavy atom. The summed E-state index contributed by atoms with van der Waals surface area (Å²) in [6.07, 6.45) is 1.77. The Balaban J connectivity index is 2.34. The third-order valence-electron chi connectivity index (χ3n) is 2.58. The monoisotopic (exact) mass is 253 g/mol. The molecule has 0 unspecified atom stereocenters. The van der Waals surface area contributed by atoms with Gasteiger partial charge in [-0.05, 0) is 12.8 Å². The predicted molar refractivity (Wildman–Crippen MR) is 71.8 cm³/mol. The van der Waals surface area contributed by atoms with Gasteiger partial charge in [-0.25, -0.2) is 4.98 Å². The normalized spacial score (nSPS) is 10.6. The fourth-order valence-corrected chi connectivity index (χ4v) is 1.57. The van der Waals surface area contributed by atoms with E-state index in [1.165, 1.54) is 0 Å². The number of hydrogen-bond acceptors (Lipinski definition) is 6. The molecule has 0 aromatic carbocycles. The molecule has 0 aliphatic heterocycles. The van der Waals surface area contributed by atoms with E-state index in [0.29, 0.717) is 5.95 Å². The standard InChI is InChI=1S/C12H23N5O/c1-4-10-11(5-2)16-17-12(15-10)14-7-6-13-8-9-18-3/h13H,4-9H2,1-3H3,(H,14,15,17). The Bertz CT molecular complexity index is 345. The first kappa shape index (κ1) is 14.8. The molecule has 2 N–H and O–H groups in total. The molecule has 0 saturated heterocycles. The number of aryl methyl sites for hydroxylation is 2. The number of nitrogens with one attached hydrogen (secondary N) is 2. The Morgan fingerprint density at radius 2 is 1.78 bits per heavy atom. The lowest BCUT2D eigenvalue weighted by atomic mass is 10.2. The maximum absolute atomic E-state index is 4.94.